The molecule has 2 atom stereocenters. The largest absolute Gasteiger partial charge is 0.480 e. The first kappa shape index (κ1) is 15.8. The molecular weight excluding hydrogens is 244 g/mol. The highest BCUT2D eigenvalue weighted by molar-refractivity contribution is 5.86. The quantitative estimate of drug-likeness (QED) is 0.824. The molecule has 0 aliphatic carbocycles. The summed E-state index contributed by atoms with van der Waals surface area (Å²) in [5.41, 5.74) is -1.14. The molecule has 1 fully saturated rings. The minimum absolute atomic E-state index is 0.170. The highest BCUT2D eigenvalue weighted by atomic mass is 16.4. The molecule has 2 amide bonds. The van der Waals surface area contributed by atoms with Crippen molar-refractivity contribution in [3.63, 3.8) is 0 Å². The molecule has 0 aromatic rings. The first-order valence-corrected chi connectivity index (χ1v) is 7.18. The maximum Gasteiger partial charge on any atom is 0.329 e. The molecule has 0 spiro atoms. The Morgan fingerprint density at radius 1 is 1.32 bits per heavy atom. The van der Waals surface area contributed by atoms with Gasteiger partial charge in [-0.2, -0.15) is 0 Å². The number of hydrogen-bond donors (Lipinski definition) is 2. The van der Waals surface area contributed by atoms with Gasteiger partial charge < -0.3 is 15.3 Å². The van der Waals surface area contributed by atoms with Crippen molar-refractivity contribution in [3.8, 4) is 0 Å². The smallest absolute Gasteiger partial charge is 0.329 e. The lowest BCUT2D eigenvalue weighted by atomic mass is 9.92. The van der Waals surface area contributed by atoms with Crippen LogP contribution in [-0.2, 0) is 4.79 Å². The van der Waals surface area contributed by atoms with Crippen LogP contribution in [0.3, 0.4) is 0 Å². The number of likely N-dealkylation sites (tertiary alicyclic amines) is 1. The minimum atomic E-state index is -1.14. The zero-order valence-electron chi connectivity index (χ0n) is 12.4. The van der Waals surface area contributed by atoms with Gasteiger partial charge in [-0.05, 0) is 38.5 Å². The third-order valence-electron chi connectivity index (χ3n) is 4.36. The van der Waals surface area contributed by atoms with Gasteiger partial charge >= 0.3 is 12.0 Å². The molecule has 2 N–H and O–H groups in total. The van der Waals surface area contributed by atoms with E-state index in [2.05, 4.69) is 12.2 Å². The summed E-state index contributed by atoms with van der Waals surface area (Å²) in [6.07, 6.45) is 2.74. The van der Waals surface area contributed by atoms with Gasteiger partial charge in [0.05, 0.1) is 0 Å². The number of hydrogen-bond acceptors (Lipinski definition) is 2. The van der Waals surface area contributed by atoms with Gasteiger partial charge in [-0.15, -0.1) is 0 Å². The number of nitrogens with one attached hydrogen (secondary N) is 1. The van der Waals surface area contributed by atoms with Crippen molar-refractivity contribution in [2.45, 2.75) is 65.0 Å². The number of carbonyl (C=O) groups excluding carboxylic acids is 1. The molecule has 0 aromatic heterocycles. The highest BCUT2D eigenvalue weighted by Crippen LogP contribution is 2.23. The number of urea groups is 1. The van der Waals surface area contributed by atoms with Crippen molar-refractivity contribution >= 4 is 12.0 Å². The molecule has 0 radical (unpaired) electrons. The molecule has 5 heteroatoms. The normalized spacial score (nSPS) is 24.1. The van der Waals surface area contributed by atoms with Crippen LogP contribution in [0.1, 0.15) is 53.4 Å². The Kier molecular flexibility index (Phi) is 5.20. The van der Waals surface area contributed by atoms with Crippen LogP contribution in [0.25, 0.3) is 0 Å². The molecule has 0 aromatic carbocycles. The van der Waals surface area contributed by atoms with Gasteiger partial charge in [0.2, 0.25) is 0 Å². The lowest BCUT2D eigenvalue weighted by molar-refractivity contribution is -0.144. The zero-order chi connectivity index (χ0) is 14.6. The van der Waals surface area contributed by atoms with E-state index < -0.39 is 11.5 Å². The lowest BCUT2D eigenvalue weighted by Crippen LogP contribution is -2.59. The molecular formula is C14H26N2O3. The lowest BCUT2D eigenvalue weighted by Gasteiger charge is -2.39. The molecule has 0 saturated carbocycles. The van der Waals surface area contributed by atoms with Crippen LogP contribution in [0.15, 0.2) is 0 Å². The summed E-state index contributed by atoms with van der Waals surface area (Å²) < 4.78 is 0. The van der Waals surface area contributed by atoms with Crippen molar-refractivity contribution in [2.75, 3.05) is 6.54 Å². The number of rotatable bonds is 4. The Bertz CT molecular complexity index is 340. The zero-order valence-corrected chi connectivity index (χ0v) is 12.4. The van der Waals surface area contributed by atoms with Gasteiger partial charge in [0.15, 0.2) is 0 Å². The van der Waals surface area contributed by atoms with E-state index in [1.807, 2.05) is 6.92 Å². The molecule has 0 bridgehead atoms. The molecule has 5 nitrogen and oxygen atoms in total. The van der Waals surface area contributed by atoms with Crippen molar-refractivity contribution in [1.29, 1.82) is 0 Å². The molecule has 2 unspecified atom stereocenters. The Morgan fingerprint density at radius 3 is 2.32 bits per heavy atom. The Labute approximate surface area is 115 Å². The molecule has 1 heterocycles. The first-order valence-electron chi connectivity index (χ1n) is 7.18. The number of carbonyl (C=O) groups is 2. The van der Waals surface area contributed by atoms with E-state index in [-0.39, 0.29) is 12.1 Å². The summed E-state index contributed by atoms with van der Waals surface area (Å²) in [6.45, 7) is 8.50. The third-order valence-corrected chi connectivity index (χ3v) is 4.36. The highest BCUT2D eigenvalue weighted by Gasteiger charge is 2.38. The molecule has 110 valence electrons. The average Bonchev–Trinajstić information content (AvgIpc) is 2.35. The summed E-state index contributed by atoms with van der Waals surface area (Å²) in [5, 5.41) is 12.1. The fraction of sp³-hybridized carbons (Fsp3) is 0.857. The Morgan fingerprint density at radius 2 is 1.89 bits per heavy atom. The summed E-state index contributed by atoms with van der Waals surface area (Å²) in [7, 11) is 0. The van der Waals surface area contributed by atoms with Crippen LogP contribution in [0.2, 0.25) is 0 Å². The topological polar surface area (TPSA) is 69.6 Å². The van der Waals surface area contributed by atoms with E-state index in [0.29, 0.717) is 25.3 Å². The fourth-order valence-corrected chi connectivity index (χ4v) is 2.77. The van der Waals surface area contributed by atoms with E-state index in [1.165, 1.54) is 0 Å². The van der Waals surface area contributed by atoms with Crippen molar-refractivity contribution < 1.29 is 14.7 Å². The van der Waals surface area contributed by atoms with Gasteiger partial charge in [0.25, 0.3) is 0 Å². The summed E-state index contributed by atoms with van der Waals surface area (Å²) in [6, 6.07) is -0.0746. The molecule has 1 rings (SSSR count). The second-order valence-corrected chi connectivity index (χ2v) is 5.70. The Balaban J connectivity index is 2.75. The van der Waals surface area contributed by atoms with E-state index in [9.17, 15) is 14.7 Å². The SMILES string of the molecule is CCC(CC)(NC(=O)N1CCC(C)CC1C)C(=O)O. The summed E-state index contributed by atoms with van der Waals surface area (Å²) in [5.74, 6) is -0.329. The van der Waals surface area contributed by atoms with Crippen molar-refractivity contribution in [2.24, 2.45) is 5.92 Å². The summed E-state index contributed by atoms with van der Waals surface area (Å²) in [4.78, 5) is 25.5. The van der Waals surface area contributed by atoms with Crippen molar-refractivity contribution in [3.05, 3.63) is 0 Å². The van der Waals surface area contributed by atoms with Gasteiger partial charge in [0, 0.05) is 12.6 Å². The second-order valence-electron chi connectivity index (χ2n) is 5.70. The van der Waals surface area contributed by atoms with E-state index in [0.717, 1.165) is 12.8 Å². The van der Waals surface area contributed by atoms with Gasteiger partial charge in [-0.3, -0.25) is 0 Å². The Hall–Kier alpha value is -1.26. The van der Waals surface area contributed by atoms with E-state index in [1.54, 1.807) is 18.7 Å². The van der Waals surface area contributed by atoms with Crippen molar-refractivity contribution in [1.82, 2.24) is 10.2 Å². The van der Waals surface area contributed by atoms with E-state index >= 15 is 0 Å². The standard InChI is InChI=1S/C14H26N2O3/c1-5-14(6-2,12(17)18)15-13(19)16-8-7-10(3)9-11(16)4/h10-11H,5-9H2,1-4H3,(H,15,19)(H,17,18). The number of aliphatic carboxylic acids is 1. The number of nitrogens with zero attached hydrogens (tertiary/aromatic N) is 1. The minimum Gasteiger partial charge on any atom is -0.480 e. The summed E-state index contributed by atoms with van der Waals surface area (Å²) >= 11 is 0. The number of amides is 2. The van der Waals surface area contributed by atoms with Gasteiger partial charge in [0.1, 0.15) is 5.54 Å². The maximum atomic E-state index is 12.3. The fourth-order valence-electron chi connectivity index (χ4n) is 2.77. The van der Waals surface area contributed by atoms with Crippen LogP contribution in [-0.4, -0.2) is 40.1 Å². The predicted molar refractivity (Wildman–Crippen MR) is 74.0 cm³/mol. The van der Waals surface area contributed by atoms with E-state index in [4.69, 9.17) is 0 Å². The predicted octanol–water partition coefficient (Wildman–Crippen LogP) is 2.46. The second kappa shape index (κ2) is 6.26. The molecule has 1 saturated heterocycles. The third kappa shape index (κ3) is 3.39. The monoisotopic (exact) mass is 270 g/mol. The number of carboxylic acids is 1. The number of piperidine rings is 1. The van der Waals surface area contributed by atoms with Crippen LogP contribution in [0, 0.1) is 5.92 Å². The van der Waals surface area contributed by atoms with Crippen LogP contribution in [0.4, 0.5) is 4.79 Å². The van der Waals surface area contributed by atoms with Gasteiger partial charge in [-0.25, -0.2) is 9.59 Å². The average molecular weight is 270 g/mol. The molecule has 19 heavy (non-hydrogen) atoms. The molecule has 1 aliphatic heterocycles. The number of carboxylic acid groups (broad SMARTS) is 1. The maximum absolute atomic E-state index is 12.3. The first-order chi connectivity index (χ1) is 8.86. The van der Waals surface area contributed by atoms with Crippen LogP contribution in [0.5, 0.6) is 0 Å². The van der Waals surface area contributed by atoms with Gasteiger partial charge in [-0.1, -0.05) is 20.8 Å². The van der Waals surface area contributed by atoms with Crippen LogP contribution >= 0.6 is 0 Å². The molecule has 1 aliphatic rings. The van der Waals surface area contributed by atoms with Crippen LogP contribution < -0.4 is 5.32 Å².